The van der Waals surface area contributed by atoms with Crippen LogP contribution in [0, 0.1) is 0 Å². The highest BCUT2D eigenvalue weighted by molar-refractivity contribution is 5.81. The van der Waals surface area contributed by atoms with E-state index in [9.17, 15) is 92.6 Å². The second-order valence-corrected chi connectivity index (χ2v) is 6.83. The van der Waals surface area contributed by atoms with Crippen molar-refractivity contribution < 1.29 is 97.3 Å². The molecule has 37 heavy (non-hydrogen) atoms. The molecular formula is C15H8F20O2. The fraction of sp³-hybridized carbons (Fsp3) is 0.800. The number of alkyl halides is 20. The lowest BCUT2D eigenvalue weighted by atomic mass is 9.87. The number of esters is 1. The molecule has 0 saturated heterocycles. The summed E-state index contributed by atoms with van der Waals surface area (Å²) >= 11 is 0. The molecule has 0 aromatic carbocycles. The lowest BCUT2D eigenvalue weighted by Gasteiger charge is -2.43. The molecule has 0 aromatic heterocycles. The first kappa shape index (κ1) is 34.8. The summed E-state index contributed by atoms with van der Waals surface area (Å²) < 4.78 is 267. The molecule has 0 aliphatic carbocycles. The van der Waals surface area contributed by atoms with Gasteiger partial charge in [0, 0.05) is 12.5 Å². The maximum absolute atomic E-state index is 13.6. The molecule has 0 heterocycles. The SMILES string of the molecule is C=CC(=O)OC(F)(F)C(F)(F)C(F)(F)C(F)(F)C(F)(F)C(F)(F)C(F)(F)C(F)(F)C(F)CCC(F)(F)F. The van der Waals surface area contributed by atoms with E-state index in [1.807, 2.05) is 0 Å². The van der Waals surface area contributed by atoms with Crippen LogP contribution in [-0.2, 0) is 9.53 Å². The molecule has 0 aliphatic rings. The molecule has 0 saturated carbocycles. The highest BCUT2D eigenvalue weighted by Crippen LogP contribution is 2.64. The van der Waals surface area contributed by atoms with Gasteiger partial charge in [-0.3, -0.25) is 0 Å². The third-order valence-electron chi connectivity index (χ3n) is 4.23. The van der Waals surface area contributed by atoms with Crippen LogP contribution in [0.15, 0.2) is 12.7 Å². The molecule has 0 amide bonds. The Morgan fingerprint density at radius 2 is 0.946 bits per heavy atom. The molecule has 0 aromatic rings. The van der Waals surface area contributed by atoms with Crippen molar-refractivity contribution in [1.29, 1.82) is 0 Å². The predicted molar refractivity (Wildman–Crippen MR) is 76.1 cm³/mol. The zero-order valence-electron chi connectivity index (χ0n) is 16.7. The summed E-state index contributed by atoms with van der Waals surface area (Å²) in [6.45, 7) is 2.25. The standard InChI is InChI=1S/C15H8F20O2/c1-2-6(36)37-15(34,35)14(32,33)13(30,31)12(28,29)11(26,27)10(24,25)9(22,23)8(20,21)5(16)3-4-7(17,18)19/h2,5H,1,3-4H2. The first-order valence-corrected chi connectivity index (χ1v) is 8.42. The van der Waals surface area contributed by atoms with Crippen LogP contribution in [0.25, 0.3) is 0 Å². The summed E-state index contributed by atoms with van der Waals surface area (Å²) in [7, 11) is 0. The first-order valence-electron chi connectivity index (χ1n) is 8.42. The normalized spacial score (nSPS) is 16.4. The van der Waals surface area contributed by atoms with Crippen molar-refractivity contribution in [2.45, 2.75) is 72.8 Å². The van der Waals surface area contributed by atoms with E-state index in [0.29, 0.717) is 0 Å². The highest BCUT2D eigenvalue weighted by Gasteiger charge is 2.95. The Kier molecular flexibility index (Phi) is 8.96. The number of carbonyl (C=O) groups is 1. The van der Waals surface area contributed by atoms with Gasteiger partial charge in [-0.1, -0.05) is 6.58 Å². The Hall–Kier alpha value is -2.19. The van der Waals surface area contributed by atoms with E-state index >= 15 is 0 Å². The smallest absolute Gasteiger partial charge is 0.393 e. The van der Waals surface area contributed by atoms with E-state index in [-0.39, 0.29) is 0 Å². The number of halogens is 20. The number of rotatable bonds is 12. The van der Waals surface area contributed by atoms with Gasteiger partial charge >= 0.3 is 59.7 Å². The van der Waals surface area contributed by atoms with Gasteiger partial charge in [0.15, 0.2) is 6.17 Å². The molecule has 0 aliphatic heterocycles. The minimum atomic E-state index is -8.91. The third kappa shape index (κ3) is 5.37. The van der Waals surface area contributed by atoms with Crippen LogP contribution in [0.5, 0.6) is 0 Å². The zero-order chi connectivity index (χ0) is 30.5. The van der Waals surface area contributed by atoms with Gasteiger partial charge in [0.2, 0.25) is 0 Å². The van der Waals surface area contributed by atoms with Crippen LogP contribution in [0.1, 0.15) is 12.8 Å². The van der Waals surface area contributed by atoms with E-state index in [4.69, 9.17) is 0 Å². The zero-order valence-corrected chi connectivity index (χ0v) is 16.7. The minimum Gasteiger partial charge on any atom is -0.393 e. The van der Waals surface area contributed by atoms with E-state index in [2.05, 4.69) is 11.3 Å². The van der Waals surface area contributed by atoms with Gasteiger partial charge in [0.25, 0.3) is 0 Å². The summed E-state index contributed by atoms with van der Waals surface area (Å²) in [6.07, 6.45) is -24.5. The number of hydrogen-bond acceptors (Lipinski definition) is 2. The van der Waals surface area contributed by atoms with E-state index in [0.717, 1.165) is 0 Å². The molecule has 220 valence electrons. The molecule has 0 spiro atoms. The molecule has 0 rings (SSSR count). The Morgan fingerprint density at radius 1 is 0.622 bits per heavy atom. The van der Waals surface area contributed by atoms with Gasteiger partial charge in [-0.25, -0.2) is 9.18 Å². The fourth-order valence-electron chi connectivity index (χ4n) is 2.08. The second-order valence-electron chi connectivity index (χ2n) is 6.83. The Labute approximate surface area is 190 Å². The summed E-state index contributed by atoms with van der Waals surface area (Å²) in [5.41, 5.74) is 0. The van der Waals surface area contributed by atoms with Crippen molar-refractivity contribution in [3.8, 4) is 0 Å². The number of hydrogen-bond donors (Lipinski definition) is 0. The van der Waals surface area contributed by atoms with Crippen molar-refractivity contribution in [1.82, 2.24) is 0 Å². The van der Waals surface area contributed by atoms with Crippen LogP contribution in [0.3, 0.4) is 0 Å². The lowest BCUT2D eigenvalue weighted by molar-refractivity contribution is -0.469. The summed E-state index contributed by atoms with van der Waals surface area (Å²) in [6, 6.07) is 0. The topological polar surface area (TPSA) is 26.3 Å². The molecule has 0 fully saturated rings. The number of carbonyl (C=O) groups excluding carboxylic acids is 1. The van der Waals surface area contributed by atoms with E-state index in [1.165, 1.54) is 0 Å². The van der Waals surface area contributed by atoms with Crippen molar-refractivity contribution in [2.24, 2.45) is 0 Å². The van der Waals surface area contributed by atoms with Gasteiger partial charge in [0.05, 0.1) is 0 Å². The van der Waals surface area contributed by atoms with Crippen molar-refractivity contribution in [3.63, 3.8) is 0 Å². The predicted octanol–water partition coefficient (Wildman–Crippen LogP) is 7.44. The fourth-order valence-corrected chi connectivity index (χ4v) is 2.08. The largest absolute Gasteiger partial charge is 0.473 e. The molecular weight excluding hydrogens is 592 g/mol. The average Bonchev–Trinajstić information content (AvgIpc) is 2.69. The first-order chi connectivity index (χ1) is 15.8. The quantitative estimate of drug-likeness (QED) is 0.132. The molecule has 1 unspecified atom stereocenters. The summed E-state index contributed by atoms with van der Waals surface area (Å²) in [5.74, 6) is -62.1. The maximum atomic E-state index is 13.6. The van der Waals surface area contributed by atoms with Crippen LogP contribution in [0.2, 0.25) is 0 Å². The van der Waals surface area contributed by atoms with Crippen molar-refractivity contribution in [3.05, 3.63) is 12.7 Å². The molecule has 0 radical (unpaired) electrons. The van der Waals surface area contributed by atoms with Crippen molar-refractivity contribution in [2.75, 3.05) is 0 Å². The van der Waals surface area contributed by atoms with Crippen LogP contribution in [-0.4, -0.2) is 65.9 Å². The molecule has 0 bridgehead atoms. The number of ether oxygens (including phenoxy) is 1. The van der Waals surface area contributed by atoms with Crippen LogP contribution >= 0.6 is 0 Å². The summed E-state index contributed by atoms with van der Waals surface area (Å²) in [5, 5.41) is 0. The maximum Gasteiger partial charge on any atom is 0.473 e. The third-order valence-corrected chi connectivity index (χ3v) is 4.23. The van der Waals surface area contributed by atoms with Crippen molar-refractivity contribution >= 4 is 5.97 Å². The van der Waals surface area contributed by atoms with Gasteiger partial charge in [-0.2, -0.15) is 83.4 Å². The summed E-state index contributed by atoms with van der Waals surface area (Å²) in [4.78, 5) is 10.5. The molecule has 2 nitrogen and oxygen atoms in total. The average molecular weight is 600 g/mol. The van der Waals surface area contributed by atoms with Gasteiger partial charge in [0.1, 0.15) is 0 Å². The molecule has 0 N–H and O–H groups in total. The second kappa shape index (κ2) is 9.53. The lowest BCUT2D eigenvalue weighted by Crippen LogP contribution is -2.75. The van der Waals surface area contributed by atoms with Crippen LogP contribution < -0.4 is 0 Å². The van der Waals surface area contributed by atoms with Gasteiger partial charge in [-0.15, -0.1) is 0 Å². The van der Waals surface area contributed by atoms with E-state index in [1.54, 1.807) is 0 Å². The van der Waals surface area contributed by atoms with Gasteiger partial charge < -0.3 is 4.74 Å². The Balaban J connectivity index is 6.72. The Morgan fingerprint density at radius 3 is 1.27 bits per heavy atom. The monoisotopic (exact) mass is 600 g/mol. The van der Waals surface area contributed by atoms with Crippen LogP contribution in [0.4, 0.5) is 87.8 Å². The van der Waals surface area contributed by atoms with Gasteiger partial charge in [-0.05, 0) is 6.42 Å². The van der Waals surface area contributed by atoms with E-state index < -0.39 is 84.8 Å². The Bertz CT molecular complexity index is 841. The molecule has 1 atom stereocenters. The molecule has 22 heteroatoms. The highest BCUT2D eigenvalue weighted by atomic mass is 19.4. The minimum absolute atomic E-state index is 0.530.